The van der Waals surface area contributed by atoms with Crippen LogP contribution in [0.25, 0.3) is 0 Å². The van der Waals surface area contributed by atoms with Crippen molar-refractivity contribution < 1.29 is 4.79 Å². The molecule has 0 spiro atoms. The van der Waals surface area contributed by atoms with Gasteiger partial charge in [-0.2, -0.15) is 0 Å². The number of carbonyl (C=O) groups excluding carboxylic acids is 1. The fourth-order valence-corrected chi connectivity index (χ4v) is 4.32. The Hall–Kier alpha value is -2.40. The van der Waals surface area contributed by atoms with Crippen molar-refractivity contribution in [2.45, 2.75) is 19.3 Å². The van der Waals surface area contributed by atoms with Crippen LogP contribution in [-0.4, -0.2) is 12.5 Å². The number of nitrogens with zero attached hydrogens (tertiary/aromatic N) is 1. The molecule has 0 bridgehead atoms. The van der Waals surface area contributed by atoms with Gasteiger partial charge in [0.1, 0.15) is 5.70 Å². The zero-order chi connectivity index (χ0) is 22.2. The van der Waals surface area contributed by atoms with E-state index in [-0.39, 0.29) is 11.6 Å². The molecule has 3 rings (SSSR count). The van der Waals surface area contributed by atoms with E-state index in [0.717, 1.165) is 29.0 Å². The van der Waals surface area contributed by atoms with Gasteiger partial charge in [0, 0.05) is 34.1 Å². The molecule has 2 aromatic carbocycles. The van der Waals surface area contributed by atoms with Gasteiger partial charge in [-0.15, -0.1) is 11.8 Å². The number of rotatable bonds is 8. The van der Waals surface area contributed by atoms with Crippen molar-refractivity contribution in [1.29, 1.82) is 0 Å². The summed E-state index contributed by atoms with van der Waals surface area (Å²) in [6.45, 7) is 4.57. The molecule has 0 heterocycles. The zero-order valence-electron chi connectivity index (χ0n) is 17.1. The summed E-state index contributed by atoms with van der Waals surface area (Å²) in [4.78, 5) is 15.7. The molecule has 0 atom stereocenters. The summed E-state index contributed by atoms with van der Waals surface area (Å²) in [5, 5.41) is 2.82. The Kier molecular flexibility index (Phi) is 8.47. The molecule has 31 heavy (non-hydrogen) atoms. The number of allylic oxidation sites excluding steroid dienone is 4. The fraction of sp³-hybridized carbons (Fsp3) is 0.160. The van der Waals surface area contributed by atoms with E-state index in [2.05, 4.69) is 18.7 Å². The van der Waals surface area contributed by atoms with Gasteiger partial charge in [0.25, 0.3) is 5.91 Å². The first kappa shape index (κ1) is 23.3. The third kappa shape index (κ3) is 6.54. The van der Waals surface area contributed by atoms with Crippen molar-refractivity contribution in [3.05, 3.63) is 111 Å². The van der Waals surface area contributed by atoms with Crippen LogP contribution < -0.4 is 10.6 Å². The average molecular weight is 471 g/mol. The Bertz CT molecular complexity index is 1020. The van der Waals surface area contributed by atoms with Gasteiger partial charge >= 0.3 is 0 Å². The van der Waals surface area contributed by atoms with Gasteiger partial charge in [-0.05, 0) is 47.6 Å². The number of benzene rings is 2. The van der Waals surface area contributed by atoms with Crippen molar-refractivity contribution in [2.24, 2.45) is 5.73 Å². The number of anilines is 1. The second-order valence-corrected chi connectivity index (χ2v) is 8.99. The SMILES string of the molecule is C=C(Cc1c(Cl)cccc1Cl)S/C=C(\N)C(=O)N(CC1=CC=CCC1)c1ccccc1. The van der Waals surface area contributed by atoms with Crippen LogP contribution in [0, 0.1) is 0 Å². The number of carbonyl (C=O) groups is 1. The van der Waals surface area contributed by atoms with Crippen molar-refractivity contribution in [3.8, 4) is 0 Å². The summed E-state index contributed by atoms with van der Waals surface area (Å²) in [7, 11) is 0. The molecule has 160 valence electrons. The Morgan fingerprint density at radius 2 is 1.84 bits per heavy atom. The minimum atomic E-state index is -0.238. The van der Waals surface area contributed by atoms with E-state index < -0.39 is 0 Å². The van der Waals surface area contributed by atoms with Crippen molar-refractivity contribution in [2.75, 3.05) is 11.4 Å². The topological polar surface area (TPSA) is 46.3 Å². The molecule has 2 N–H and O–H groups in total. The monoisotopic (exact) mass is 470 g/mol. The van der Waals surface area contributed by atoms with Crippen LogP contribution in [0.4, 0.5) is 5.69 Å². The van der Waals surface area contributed by atoms with Crippen LogP contribution in [0.1, 0.15) is 18.4 Å². The van der Waals surface area contributed by atoms with Gasteiger partial charge in [0.15, 0.2) is 0 Å². The molecule has 3 nitrogen and oxygen atoms in total. The van der Waals surface area contributed by atoms with Gasteiger partial charge in [0.05, 0.1) is 0 Å². The fourth-order valence-electron chi connectivity index (χ4n) is 3.17. The van der Waals surface area contributed by atoms with Crippen LogP contribution >= 0.6 is 35.0 Å². The molecule has 2 aromatic rings. The predicted octanol–water partition coefficient (Wildman–Crippen LogP) is 6.89. The van der Waals surface area contributed by atoms with Crippen LogP contribution in [0.15, 0.2) is 94.9 Å². The maximum atomic E-state index is 13.2. The van der Waals surface area contributed by atoms with E-state index in [1.807, 2.05) is 36.4 Å². The highest BCUT2D eigenvalue weighted by molar-refractivity contribution is 8.05. The van der Waals surface area contributed by atoms with E-state index in [1.165, 1.54) is 17.3 Å². The summed E-state index contributed by atoms with van der Waals surface area (Å²) < 4.78 is 0. The van der Waals surface area contributed by atoms with E-state index in [4.69, 9.17) is 28.9 Å². The molecule has 0 fully saturated rings. The highest BCUT2D eigenvalue weighted by atomic mass is 35.5. The number of amides is 1. The van der Waals surface area contributed by atoms with Crippen LogP contribution in [0.2, 0.25) is 10.0 Å². The Labute approximate surface area is 197 Å². The minimum absolute atomic E-state index is 0.159. The van der Waals surface area contributed by atoms with Gasteiger partial charge in [-0.1, -0.05) is 77.8 Å². The lowest BCUT2D eigenvalue weighted by molar-refractivity contribution is -0.115. The molecule has 1 aliphatic carbocycles. The van der Waals surface area contributed by atoms with Crippen molar-refractivity contribution in [3.63, 3.8) is 0 Å². The highest BCUT2D eigenvalue weighted by Gasteiger charge is 2.20. The normalized spacial score (nSPS) is 13.6. The average Bonchev–Trinajstić information content (AvgIpc) is 2.79. The standard InChI is InChI=1S/C25H24Cl2N2OS/c1-18(15-21-22(26)13-8-14-23(21)27)31-17-24(28)25(30)29(20-11-6-3-7-12-20)16-19-9-4-2-5-10-19/h2-4,6-9,11-14,17H,1,5,10,15-16,28H2/b24-17-. The molecule has 6 heteroatoms. The maximum absolute atomic E-state index is 13.2. The van der Waals surface area contributed by atoms with Crippen molar-refractivity contribution in [1.82, 2.24) is 0 Å². The van der Waals surface area contributed by atoms with Gasteiger partial charge in [-0.25, -0.2) is 0 Å². The predicted molar refractivity (Wildman–Crippen MR) is 134 cm³/mol. The number of hydrogen-bond donors (Lipinski definition) is 1. The lowest BCUT2D eigenvalue weighted by atomic mass is 10.0. The van der Waals surface area contributed by atoms with E-state index in [0.29, 0.717) is 23.0 Å². The second kappa shape index (κ2) is 11.3. The molecule has 0 aliphatic heterocycles. The molecule has 0 radical (unpaired) electrons. The first-order chi connectivity index (χ1) is 15.0. The van der Waals surface area contributed by atoms with E-state index in [9.17, 15) is 4.79 Å². The lowest BCUT2D eigenvalue weighted by Gasteiger charge is -2.25. The van der Waals surface area contributed by atoms with Crippen LogP contribution in [0.3, 0.4) is 0 Å². The Balaban J connectivity index is 1.72. The van der Waals surface area contributed by atoms with Gasteiger partial charge < -0.3 is 10.6 Å². The Morgan fingerprint density at radius 1 is 1.13 bits per heavy atom. The first-order valence-corrected chi connectivity index (χ1v) is 11.5. The van der Waals surface area contributed by atoms with Crippen LogP contribution in [-0.2, 0) is 11.2 Å². The molecular formula is C25H24Cl2N2OS. The number of thioether (sulfide) groups is 1. The summed E-state index contributed by atoms with van der Waals surface area (Å²) >= 11 is 13.8. The Morgan fingerprint density at radius 3 is 2.48 bits per heavy atom. The van der Waals surface area contributed by atoms with Gasteiger partial charge in [0.2, 0.25) is 0 Å². The summed E-state index contributed by atoms with van der Waals surface area (Å²) in [6, 6.07) is 15.0. The van der Waals surface area contributed by atoms with Crippen molar-refractivity contribution >= 4 is 46.6 Å². The van der Waals surface area contributed by atoms with Crippen LogP contribution in [0.5, 0.6) is 0 Å². The molecule has 0 aromatic heterocycles. The number of para-hydroxylation sites is 1. The third-order valence-corrected chi connectivity index (χ3v) is 6.37. The third-order valence-electron chi connectivity index (χ3n) is 4.81. The number of halogens is 2. The molecule has 0 saturated carbocycles. The highest BCUT2D eigenvalue weighted by Crippen LogP contribution is 2.30. The number of nitrogens with two attached hydrogens (primary N) is 1. The van der Waals surface area contributed by atoms with E-state index in [1.54, 1.807) is 28.5 Å². The molecule has 1 aliphatic rings. The smallest absolute Gasteiger partial charge is 0.274 e. The largest absolute Gasteiger partial charge is 0.394 e. The summed E-state index contributed by atoms with van der Waals surface area (Å²) in [6.07, 6.45) is 8.62. The molecule has 1 amide bonds. The molecular weight excluding hydrogens is 447 g/mol. The lowest BCUT2D eigenvalue weighted by Crippen LogP contribution is -2.36. The minimum Gasteiger partial charge on any atom is -0.394 e. The second-order valence-electron chi connectivity index (χ2n) is 7.13. The molecule has 0 unspecified atom stereocenters. The van der Waals surface area contributed by atoms with Gasteiger partial charge in [-0.3, -0.25) is 4.79 Å². The maximum Gasteiger partial charge on any atom is 0.274 e. The number of hydrogen-bond acceptors (Lipinski definition) is 3. The molecule has 0 saturated heterocycles. The van der Waals surface area contributed by atoms with E-state index >= 15 is 0 Å². The summed E-state index contributed by atoms with van der Waals surface area (Å²) in [5.41, 5.74) is 9.16. The first-order valence-electron chi connectivity index (χ1n) is 9.90. The quantitative estimate of drug-likeness (QED) is 0.427. The summed E-state index contributed by atoms with van der Waals surface area (Å²) in [5.74, 6) is -0.238. The zero-order valence-corrected chi connectivity index (χ0v) is 19.4.